The number of piperidine rings is 1. The normalized spacial score (nSPS) is 20.8. The Labute approximate surface area is 93.5 Å². The summed E-state index contributed by atoms with van der Waals surface area (Å²) in [4.78, 5) is 12.1. The molecule has 1 saturated heterocycles. The van der Waals surface area contributed by atoms with E-state index in [1.54, 1.807) is 12.1 Å². The van der Waals surface area contributed by atoms with Crippen LogP contribution in [0.25, 0.3) is 0 Å². The van der Waals surface area contributed by atoms with E-state index in [4.69, 9.17) is 0 Å². The van der Waals surface area contributed by atoms with E-state index in [1.165, 1.54) is 12.1 Å². The zero-order valence-corrected chi connectivity index (χ0v) is 8.87. The Hall–Kier alpha value is -1.62. The van der Waals surface area contributed by atoms with E-state index in [0.717, 1.165) is 25.1 Å². The molecule has 0 aliphatic carbocycles. The van der Waals surface area contributed by atoms with Crippen molar-refractivity contribution < 1.29 is 10.0 Å². The van der Waals surface area contributed by atoms with E-state index in [2.05, 4.69) is 4.90 Å². The molecule has 1 N–H and O–H groups in total. The van der Waals surface area contributed by atoms with Crippen LogP contribution in [0.3, 0.4) is 0 Å². The van der Waals surface area contributed by atoms with Crippen molar-refractivity contribution in [2.24, 2.45) is 0 Å². The second-order valence-corrected chi connectivity index (χ2v) is 4.02. The van der Waals surface area contributed by atoms with Gasteiger partial charge in [0.1, 0.15) is 0 Å². The lowest BCUT2D eigenvalue weighted by molar-refractivity contribution is -0.384. The highest BCUT2D eigenvalue weighted by molar-refractivity contribution is 5.51. The molecule has 0 bridgehead atoms. The minimum atomic E-state index is -0.408. The summed E-state index contributed by atoms with van der Waals surface area (Å²) in [6, 6.07) is 6.46. The highest BCUT2D eigenvalue weighted by atomic mass is 16.6. The van der Waals surface area contributed by atoms with Crippen LogP contribution >= 0.6 is 0 Å². The van der Waals surface area contributed by atoms with E-state index >= 15 is 0 Å². The number of nitro groups is 1. The van der Waals surface area contributed by atoms with Gasteiger partial charge in [0.25, 0.3) is 5.69 Å². The molecule has 1 fully saturated rings. The van der Waals surface area contributed by atoms with E-state index < -0.39 is 4.92 Å². The maximum Gasteiger partial charge on any atom is 0.269 e. The Kier molecular flexibility index (Phi) is 3.05. The molecule has 1 heterocycles. The SMILES string of the molecule is O=[N+]([O-])c1ccc(N2CCC[C@H](O)C2)cc1. The monoisotopic (exact) mass is 222 g/mol. The Bertz CT molecular complexity index is 377. The molecule has 0 amide bonds. The van der Waals surface area contributed by atoms with E-state index in [0.29, 0.717) is 6.54 Å². The highest BCUT2D eigenvalue weighted by Gasteiger charge is 2.18. The Morgan fingerprint density at radius 2 is 2.06 bits per heavy atom. The van der Waals surface area contributed by atoms with Gasteiger partial charge in [-0.1, -0.05) is 0 Å². The number of anilines is 1. The van der Waals surface area contributed by atoms with Crippen LogP contribution in [0, 0.1) is 10.1 Å². The van der Waals surface area contributed by atoms with Gasteiger partial charge in [-0.2, -0.15) is 0 Å². The fraction of sp³-hybridized carbons (Fsp3) is 0.455. The van der Waals surface area contributed by atoms with Crippen LogP contribution in [0.1, 0.15) is 12.8 Å². The summed E-state index contributed by atoms with van der Waals surface area (Å²) in [6.07, 6.45) is 1.51. The van der Waals surface area contributed by atoms with Crippen LogP contribution in [0.15, 0.2) is 24.3 Å². The Balaban J connectivity index is 2.11. The first kappa shape index (κ1) is 10.9. The summed E-state index contributed by atoms with van der Waals surface area (Å²) < 4.78 is 0. The average Bonchev–Trinajstić information content (AvgIpc) is 2.29. The molecule has 2 rings (SSSR count). The topological polar surface area (TPSA) is 66.6 Å². The summed E-state index contributed by atoms with van der Waals surface area (Å²) in [5.74, 6) is 0. The van der Waals surface area contributed by atoms with Crippen molar-refractivity contribution in [1.29, 1.82) is 0 Å². The number of β-amino-alcohol motifs (C(OH)–C–C–N with tert-alkyl or cyclic N) is 1. The summed E-state index contributed by atoms with van der Waals surface area (Å²) in [7, 11) is 0. The summed E-state index contributed by atoms with van der Waals surface area (Å²) in [5.41, 5.74) is 1.03. The predicted octanol–water partition coefficient (Wildman–Crippen LogP) is 1.56. The molecule has 5 heteroatoms. The first-order chi connectivity index (χ1) is 7.66. The number of aliphatic hydroxyl groups excluding tert-OH is 1. The van der Waals surface area contributed by atoms with Crippen molar-refractivity contribution in [3.63, 3.8) is 0 Å². The van der Waals surface area contributed by atoms with Crippen LogP contribution in [0.4, 0.5) is 11.4 Å². The van der Waals surface area contributed by atoms with Crippen LogP contribution < -0.4 is 4.90 Å². The second kappa shape index (κ2) is 4.49. The number of hydrogen-bond donors (Lipinski definition) is 1. The quantitative estimate of drug-likeness (QED) is 0.609. The van der Waals surface area contributed by atoms with Crippen LogP contribution in [0.2, 0.25) is 0 Å². The molecule has 1 aromatic rings. The average molecular weight is 222 g/mol. The Morgan fingerprint density at radius 1 is 1.38 bits per heavy atom. The molecule has 0 aromatic heterocycles. The number of benzene rings is 1. The van der Waals surface area contributed by atoms with E-state index in [9.17, 15) is 15.2 Å². The maximum atomic E-state index is 10.5. The lowest BCUT2D eigenvalue weighted by atomic mass is 10.1. The molecule has 1 aliphatic heterocycles. The van der Waals surface area contributed by atoms with Gasteiger partial charge in [-0.3, -0.25) is 10.1 Å². The van der Waals surface area contributed by atoms with Crippen molar-refractivity contribution in [1.82, 2.24) is 0 Å². The molecule has 5 nitrogen and oxygen atoms in total. The highest BCUT2D eigenvalue weighted by Crippen LogP contribution is 2.22. The van der Waals surface area contributed by atoms with Crippen molar-refractivity contribution in [3.8, 4) is 0 Å². The van der Waals surface area contributed by atoms with Gasteiger partial charge in [0.15, 0.2) is 0 Å². The molecule has 1 aromatic carbocycles. The van der Waals surface area contributed by atoms with Crippen LogP contribution in [-0.2, 0) is 0 Å². The summed E-state index contributed by atoms with van der Waals surface area (Å²) in [5, 5.41) is 20.0. The smallest absolute Gasteiger partial charge is 0.269 e. The molecule has 1 aliphatic rings. The third kappa shape index (κ3) is 2.30. The molecule has 86 valence electrons. The summed E-state index contributed by atoms with van der Waals surface area (Å²) in [6.45, 7) is 1.51. The van der Waals surface area contributed by atoms with Gasteiger partial charge >= 0.3 is 0 Å². The predicted molar refractivity (Wildman–Crippen MR) is 60.6 cm³/mol. The number of aliphatic hydroxyl groups is 1. The molecular weight excluding hydrogens is 208 g/mol. The van der Waals surface area contributed by atoms with Gasteiger partial charge in [-0.25, -0.2) is 0 Å². The lowest BCUT2D eigenvalue weighted by Crippen LogP contribution is -2.38. The minimum absolute atomic E-state index is 0.0984. The number of rotatable bonds is 2. The number of nitrogens with zero attached hydrogens (tertiary/aromatic N) is 2. The molecule has 0 spiro atoms. The van der Waals surface area contributed by atoms with Crippen molar-refractivity contribution in [2.75, 3.05) is 18.0 Å². The summed E-state index contributed by atoms with van der Waals surface area (Å²) >= 11 is 0. The van der Waals surface area contributed by atoms with Crippen molar-refractivity contribution >= 4 is 11.4 Å². The molecular formula is C11H14N2O3. The third-order valence-electron chi connectivity index (χ3n) is 2.82. The van der Waals surface area contributed by atoms with Gasteiger partial charge < -0.3 is 10.0 Å². The second-order valence-electron chi connectivity index (χ2n) is 4.02. The molecule has 0 saturated carbocycles. The first-order valence-corrected chi connectivity index (χ1v) is 5.34. The lowest BCUT2D eigenvalue weighted by Gasteiger charge is -2.31. The Morgan fingerprint density at radius 3 is 2.62 bits per heavy atom. The van der Waals surface area contributed by atoms with E-state index in [1.807, 2.05) is 0 Å². The number of nitro benzene ring substituents is 1. The third-order valence-corrected chi connectivity index (χ3v) is 2.82. The first-order valence-electron chi connectivity index (χ1n) is 5.34. The van der Waals surface area contributed by atoms with Gasteiger partial charge in [-0.15, -0.1) is 0 Å². The van der Waals surface area contributed by atoms with Gasteiger partial charge in [0.2, 0.25) is 0 Å². The zero-order valence-electron chi connectivity index (χ0n) is 8.87. The number of hydrogen-bond acceptors (Lipinski definition) is 4. The maximum absolute atomic E-state index is 10.5. The van der Waals surface area contributed by atoms with E-state index in [-0.39, 0.29) is 11.8 Å². The fourth-order valence-electron chi connectivity index (χ4n) is 1.97. The molecule has 1 atom stereocenters. The van der Waals surface area contributed by atoms with Crippen LogP contribution in [0.5, 0.6) is 0 Å². The molecule has 0 unspecified atom stereocenters. The van der Waals surface area contributed by atoms with Gasteiger partial charge in [0.05, 0.1) is 11.0 Å². The molecule has 16 heavy (non-hydrogen) atoms. The standard InChI is InChI=1S/C11H14N2O3/c14-11-2-1-7-12(8-11)9-3-5-10(6-4-9)13(15)16/h3-6,11,14H,1-2,7-8H2/t11-/m0/s1. The van der Waals surface area contributed by atoms with Crippen molar-refractivity contribution in [3.05, 3.63) is 34.4 Å². The van der Waals surface area contributed by atoms with Gasteiger partial charge in [-0.05, 0) is 25.0 Å². The largest absolute Gasteiger partial charge is 0.391 e. The minimum Gasteiger partial charge on any atom is -0.391 e. The van der Waals surface area contributed by atoms with Crippen LogP contribution in [-0.4, -0.2) is 29.2 Å². The zero-order chi connectivity index (χ0) is 11.5. The number of non-ortho nitro benzene ring substituents is 1. The fourth-order valence-corrected chi connectivity index (χ4v) is 1.97. The molecule has 0 radical (unpaired) electrons. The van der Waals surface area contributed by atoms with Crippen molar-refractivity contribution in [2.45, 2.75) is 18.9 Å². The van der Waals surface area contributed by atoms with Gasteiger partial charge in [0, 0.05) is 30.9 Å².